The van der Waals surface area contributed by atoms with Crippen molar-refractivity contribution in [2.75, 3.05) is 13.2 Å². The maximum atomic E-state index is 12.3. The van der Waals surface area contributed by atoms with E-state index in [0.29, 0.717) is 46.6 Å². The highest BCUT2D eigenvalue weighted by molar-refractivity contribution is 5.98. The van der Waals surface area contributed by atoms with E-state index in [2.05, 4.69) is 13.8 Å². The van der Waals surface area contributed by atoms with Crippen LogP contribution >= 0.6 is 0 Å². The summed E-state index contributed by atoms with van der Waals surface area (Å²) in [6, 6.07) is 7.34. The second kappa shape index (κ2) is 13.6. The van der Waals surface area contributed by atoms with Crippen LogP contribution in [0, 0.1) is 13.8 Å². The maximum absolute atomic E-state index is 12.3. The van der Waals surface area contributed by atoms with E-state index < -0.39 is 12.3 Å². The van der Waals surface area contributed by atoms with E-state index in [1.54, 1.807) is 0 Å². The fourth-order valence-corrected chi connectivity index (χ4v) is 3.48. The number of carbonyl (C=O) groups is 2. The summed E-state index contributed by atoms with van der Waals surface area (Å²) in [6.45, 7) is 8.58. The quantitative estimate of drug-likeness (QED) is 0.190. The number of hydrogen-bond acceptors (Lipinski definition) is 6. The number of unbranched alkanes of at least 4 members (excludes halogenated alkanes) is 6. The molecule has 2 aromatic rings. The molecule has 32 heavy (non-hydrogen) atoms. The Morgan fingerprint density at radius 2 is 1.06 bits per heavy atom. The monoisotopic (exact) mass is 444 g/mol. The first-order valence-corrected chi connectivity index (χ1v) is 11.7. The molecule has 0 unspecified atom stereocenters. The topological polar surface area (TPSA) is 71.1 Å². The fourth-order valence-electron chi connectivity index (χ4n) is 3.48. The van der Waals surface area contributed by atoms with Crippen molar-refractivity contribution in [2.45, 2.75) is 79.1 Å². The van der Waals surface area contributed by atoms with Gasteiger partial charge in [0.25, 0.3) is 0 Å². The van der Waals surface area contributed by atoms with E-state index in [1.165, 1.54) is 0 Å². The van der Waals surface area contributed by atoms with Crippen LogP contribution in [0.4, 0.5) is 9.59 Å². The Bertz CT molecular complexity index is 817. The van der Waals surface area contributed by atoms with Gasteiger partial charge < -0.3 is 18.9 Å². The van der Waals surface area contributed by atoms with E-state index in [4.69, 9.17) is 18.9 Å². The van der Waals surface area contributed by atoms with Crippen LogP contribution < -0.4 is 9.47 Å². The van der Waals surface area contributed by atoms with Crippen molar-refractivity contribution in [1.82, 2.24) is 0 Å². The highest BCUT2D eigenvalue weighted by Gasteiger charge is 2.21. The third-order valence-corrected chi connectivity index (χ3v) is 5.47. The van der Waals surface area contributed by atoms with Gasteiger partial charge in [0.15, 0.2) is 0 Å². The van der Waals surface area contributed by atoms with Crippen LogP contribution in [0.15, 0.2) is 24.3 Å². The van der Waals surface area contributed by atoms with E-state index >= 15 is 0 Å². The molecule has 0 saturated heterocycles. The van der Waals surface area contributed by atoms with Gasteiger partial charge in [-0.05, 0) is 37.8 Å². The first kappa shape index (κ1) is 25.5. The molecular weight excluding hydrogens is 408 g/mol. The Kier molecular flexibility index (Phi) is 10.8. The maximum Gasteiger partial charge on any atom is 0.513 e. The lowest BCUT2D eigenvalue weighted by Gasteiger charge is -2.17. The molecule has 0 amide bonds. The molecule has 0 fully saturated rings. The lowest BCUT2D eigenvalue weighted by Crippen LogP contribution is -2.15. The SMILES string of the molecule is CCCCCCOC(=O)Oc1c(C)c(C)c(OC(=O)OCCCCCC)c2ccccc12. The highest BCUT2D eigenvalue weighted by Crippen LogP contribution is 2.40. The number of carbonyl (C=O) groups excluding carboxylic acids is 2. The van der Waals surface area contributed by atoms with Crippen molar-refractivity contribution in [2.24, 2.45) is 0 Å². The zero-order valence-electron chi connectivity index (χ0n) is 19.8. The van der Waals surface area contributed by atoms with Crippen LogP contribution in [0.3, 0.4) is 0 Å². The Morgan fingerprint density at radius 3 is 1.44 bits per heavy atom. The highest BCUT2D eigenvalue weighted by atomic mass is 16.7. The van der Waals surface area contributed by atoms with Gasteiger partial charge in [0.2, 0.25) is 0 Å². The van der Waals surface area contributed by atoms with Gasteiger partial charge in [0.1, 0.15) is 11.5 Å². The summed E-state index contributed by atoms with van der Waals surface area (Å²) in [6.07, 6.45) is 6.68. The van der Waals surface area contributed by atoms with E-state index in [1.807, 2.05) is 38.1 Å². The molecule has 0 aliphatic carbocycles. The molecular formula is C26H36O6. The van der Waals surface area contributed by atoms with Crippen LogP contribution in [0.5, 0.6) is 11.5 Å². The molecule has 0 radical (unpaired) electrons. The molecule has 0 atom stereocenters. The molecule has 0 saturated carbocycles. The fraction of sp³-hybridized carbons (Fsp3) is 0.538. The van der Waals surface area contributed by atoms with Crippen LogP contribution in [-0.4, -0.2) is 25.5 Å². The lowest BCUT2D eigenvalue weighted by atomic mass is 9.99. The molecule has 6 heteroatoms. The average Bonchev–Trinajstić information content (AvgIpc) is 2.79. The van der Waals surface area contributed by atoms with Crippen LogP contribution in [0.2, 0.25) is 0 Å². The minimum atomic E-state index is -0.727. The van der Waals surface area contributed by atoms with Crippen molar-refractivity contribution >= 4 is 23.1 Å². The third-order valence-electron chi connectivity index (χ3n) is 5.47. The van der Waals surface area contributed by atoms with Crippen molar-refractivity contribution < 1.29 is 28.5 Å². The Morgan fingerprint density at radius 1 is 0.656 bits per heavy atom. The van der Waals surface area contributed by atoms with Gasteiger partial charge in [-0.3, -0.25) is 0 Å². The minimum Gasteiger partial charge on any atom is -0.434 e. The van der Waals surface area contributed by atoms with Crippen LogP contribution in [0.1, 0.15) is 76.3 Å². The Balaban J connectivity index is 2.13. The number of hydrogen-bond donors (Lipinski definition) is 0. The predicted molar refractivity (Wildman–Crippen MR) is 126 cm³/mol. The molecule has 0 aliphatic heterocycles. The largest absolute Gasteiger partial charge is 0.513 e. The van der Waals surface area contributed by atoms with Crippen molar-refractivity contribution in [1.29, 1.82) is 0 Å². The molecule has 0 N–H and O–H groups in total. The lowest BCUT2D eigenvalue weighted by molar-refractivity contribution is 0.0954. The summed E-state index contributed by atoms with van der Waals surface area (Å²) < 4.78 is 21.6. The molecule has 0 spiro atoms. The molecule has 0 bridgehead atoms. The van der Waals surface area contributed by atoms with Crippen molar-refractivity contribution in [3.63, 3.8) is 0 Å². The predicted octanol–water partition coefficient (Wildman–Crippen LogP) is 7.65. The number of ether oxygens (including phenoxy) is 4. The summed E-state index contributed by atoms with van der Waals surface area (Å²) in [7, 11) is 0. The van der Waals surface area contributed by atoms with Crippen molar-refractivity contribution in [3.05, 3.63) is 35.4 Å². The minimum absolute atomic E-state index is 0.333. The molecule has 6 nitrogen and oxygen atoms in total. The summed E-state index contributed by atoms with van der Waals surface area (Å²) >= 11 is 0. The van der Waals surface area contributed by atoms with Gasteiger partial charge in [-0.1, -0.05) is 76.6 Å². The molecule has 0 aromatic heterocycles. The third kappa shape index (κ3) is 7.43. The van der Waals surface area contributed by atoms with Gasteiger partial charge in [-0.2, -0.15) is 0 Å². The van der Waals surface area contributed by atoms with Crippen molar-refractivity contribution in [3.8, 4) is 11.5 Å². The van der Waals surface area contributed by atoms with Crippen LogP contribution in [0.25, 0.3) is 10.8 Å². The van der Waals surface area contributed by atoms with E-state index in [9.17, 15) is 9.59 Å². The summed E-state index contributed by atoms with van der Waals surface area (Å²) in [4.78, 5) is 24.5. The molecule has 0 aliphatic rings. The summed E-state index contributed by atoms with van der Waals surface area (Å²) in [5.41, 5.74) is 1.41. The van der Waals surface area contributed by atoms with Gasteiger partial charge >= 0.3 is 12.3 Å². The van der Waals surface area contributed by atoms with E-state index in [0.717, 1.165) is 51.4 Å². The van der Waals surface area contributed by atoms with E-state index in [-0.39, 0.29) is 0 Å². The summed E-state index contributed by atoms with van der Waals surface area (Å²) in [5.74, 6) is 0.828. The second-order valence-corrected chi connectivity index (χ2v) is 7.98. The number of fused-ring (bicyclic) bond motifs is 1. The van der Waals surface area contributed by atoms with Gasteiger partial charge in [-0.25, -0.2) is 9.59 Å². The smallest absolute Gasteiger partial charge is 0.434 e. The first-order valence-electron chi connectivity index (χ1n) is 11.7. The molecule has 2 aromatic carbocycles. The Hall–Kier alpha value is -2.76. The second-order valence-electron chi connectivity index (χ2n) is 7.98. The number of rotatable bonds is 12. The normalized spacial score (nSPS) is 10.8. The molecule has 2 rings (SSSR count). The summed E-state index contributed by atoms with van der Waals surface area (Å²) in [5, 5.41) is 1.34. The molecule has 0 heterocycles. The zero-order valence-corrected chi connectivity index (χ0v) is 19.8. The first-order chi connectivity index (χ1) is 15.5. The van der Waals surface area contributed by atoms with Gasteiger partial charge in [0.05, 0.1) is 13.2 Å². The Labute approximate surface area is 191 Å². The van der Waals surface area contributed by atoms with Gasteiger partial charge in [-0.15, -0.1) is 0 Å². The standard InChI is InChI=1S/C26H36O6/c1-5-7-9-13-17-29-25(27)31-23-19(3)20(4)24(22-16-12-11-15-21(22)23)32-26(28)30-18-14-10-8-6-2/h11-12,15-16H,5-10,13-14,17-18H2,1-4H3. The zero-order chi connectivity index (χ0) is 23.3. The molecule has 176 valence electrons. The average molecular weight is 445 g/mol. The van der Waals surface area contributed by atoms with Gasteiger partial charge in [0, 0.05) is 10.8 Å². The number of benzene rings is 2. The van der Waals surface area contributed by atoms with Crippen LogP contribution in [-0.2, 0) is 9.47 Å².